The van der Waals surface area contributed by atoms with Crippen molar-refractivity contribution in [1.82, 2.24) is 16.0 Å². The molecule has 12 heteroatoms. The first-order chi connectivity index (χ1) is 16.4. The number of Topliss-reactive ketones (excluding diaryl/α,β-unsaturated/α-hetero) is 1. The number of hydrogen-bond donors (Lipinski definition) is 3. The molecule has 1 rings (SSSR count). The van der Waals surface area contributed by atoms with Gasteiger partial charge in [0.1, 0.15) is 23.3 Å². The summed E-state index contributed by atoms with van der Waals surface area (Å²) in [5.74, 6) is -1.72. The van der Waals surface area contributed by atoms with Crippen molar-refractivity contribution in [2.24, 2.45) is 11.8 Å². The molecule has 1 aliphatic heterocycles. The Hall–Kier alpha value is -2.34. The number of nitrogens with one attached hydrogen (secondary N) is 3. The normalized spacial score (nSPS) is 20.0. The largest absolute Gasteiger partial charge is 0.444 e. The monoisotopic (exact) mass is 521 g/mol. The quantitative estimate of drug-likeness (QED) is 0.299. The molecule has 4 atom stereocenters. The van der Waals surface area contributed by atoms with Crippen LogP contribution in [0, 0.1) is 11.8 Å². The Kier molecular flexibility index (Phi) is 11.7. The zero-order valence-corrected chi connectivity index (χ0v) is 22.4. The van der Waals surface area contributed by atoms with E-state index in [0.717, 1.165) is 0 Å². The highest BCUT2D eigenvalue weighted by Gasteiger charge is 2.50. The zero-order valence-electron chi connectivity index (χ0n) is 22.4. The van der Waals surface area contributed by atoms with Crippen LogP contribution in [0.2, 0.25) is 0 Å². The average Bonchev–Trinajstić information content (AvgIpc) is 3.45. The number of amides is 3. The smallest absolute Gasteiger partial charge is 0.408 e. The minimum absolute atomic E-state index is 0.0424. The van der Waals surface area contributed by atoms with Crippen LogP contribution >= 0.6 is 0 Å². The maximum absolute atomic E-state index is 13.2. The van der Waals surface area contributed by atoms with Crippen LogP contribution < -0.4 is 16.0 Å². The molecule has 1 aliphatic rings. The van der Waals surface area contributed by atoms with Crippen LogP contribution in [-0.4, -0.2) is 72.8 Å². The predicted octanol–water partition coefficient (Wildman–Crippen LogP) is 2.54. The molecular formula is C24H41F2N3O7. The lowest BCUT2D eigenvalue weighted by Gasteiger charge is -2.27. The standard InChI is InChI=1S/C24H41F2N3O7/c1-13(2)9-15(18(30)24(8)12-35-24)27-19(31)16(10-14(3)4)28-20(32)17(11-34-21(25)26)29-22(33)36-23(5,6)7/h13-17,21H,9-12H2,1-8H3,(H,27,31)(H,28,32)(H,29,33)/t15-,16-,17-,24+/m0/s1. The highest BCUT2D eigenvalue weighted by Crippen LogP contribution is 2.29. The Morgan fingerprint density at radius 3 is 1.81 bits per heavy atom. The van der Waals surface area contributed by atoms with Crippen LogP contribution in [0.4, 0.5) is 13.6 Å². The number of hydrogen-bond acceptors (Lipinski definition) is 7. The van der Waals surface area contributed by atoms with Crippen LogP contribution in [0.15, 0.2) is 0 Å². The van der Waals surface area contributed by atoms with Crippen molar-refractivity contribution in [3.8, 4) is 0 Å². The van der Waals surface area contributed by atoms with E-state index in [9.17, 15) is 28.0 Å². The molecule has 0 aliphatic carbocycles. The molecule has 36 heavy (non-hydrogen) atoms. The van der Waals surface area contributed by atoms with E-state index in [2.05, 4.69) is 20.7 Å². The fourth-order valence-corrected chi connectivity index (χ4v) is 3.37. The highest BCUT2D eigenvalue weighted by molar-refractivity contribution is 5.98. The summed E-state index contributed by atoms with van der Waals surface area (Å²) < 4.78 is 39.9. The van der Waals surface area contributed by atoms with Crippen LogP contribution in [0.5, 0.6) is 0 Å². The van der Waals surface area contributed by atoms with Crippen molar-refractivity contribution in [1.29, 1.82) is 0 Å². The molecule has 0 saturated carbocycles. The second-order valence-electron chi connectivity index (χ2n) is 11.1. The van der Waals surface area contributed by atoms with Gasteiger partial charge < -0.3 is 30.2 Å². The summed E-state index contributed by atoms with van der Waals surface area (Å²) in [5, 5.41) is 7.43. The summed E-state index contributed by atoms with van der Waals surface area (Å²) in [7, 11) is 0. The molecular weight excluding hydrogens is 480 g/mol. The minimum atomic E-state index is -3.18. The van der Waals surface area contributed by atoms with Gasteiger partial charge in [-0.15, -0.1) is 0 Å². The lowest BCUT2D eigenvalue weighted by molar-refractivity contribution is -0.145. The van der Waals surface area contributed by atoms with Crippen molar-refractivity contribution < 1.29 is 42.2 Å². The van der Waals surface area contributed by atoms with Gasteiger partial charge in [-0.3, -0.25) is 14.4 Å². The van der Waals surface area contributed by atoms with E-state index < -0.39 is 60.5 Å². The third-order valence-corrected chi connectivity index (χ3v) is 5.18. The molecule has 3 N–H and O–H groups in total. The van der Waals surface area contributed by atoms with E-state index in [1.807, 2.05) is 27.7 Å². The fourth-order valence-electron chi connectivity index (χ4n) is 3.37. The number of halogens is 2. The molecule has 3 amide bonds. The first-order valence-electron chi connectivity index (χ1n) is 12.1. The maximum Gasteiger partial charge on any atom is 0.408 e. The second-order valence-corrected chi connectivity index (χ2v) is 11.1. The number of ether oxygens (including phenoxy) is 3. The summed E-state index contributed by atoms with van der Waals surface area (Å²) in [6.07, 6.45) is -0.439. The van der Waals surface area contributed by atoms with Crippen molar-refractivity contribution in [2.75, 3.05) is 13.2 Å². The SMILES string of the molecule is CC(C)C[C@H](NC(=O)[C@H](COC(F)F)NC(=O)OC(C)(C)C)C(=O)N[C@@H](CC(C)C)C(=O)[C@@]1(C)CO1. The van der Waals surface area contributed by atoms with Gasteiger partial charge in [0, 0.05) is 0 Å². The van der Waals surface area contributed by atoms with Crippen LogP contribution in [-0.2, 0) is 28.6 Å². The predicted molar refractivity (Wildman–Crippen MR) is 127 cm³/mol. The van der Waals surface area contributed by atoms with Crippen molar-refractivity contribution >= 4 is 23.7 Å². The van der Waals surface area contributed by atoms with Gasteiger partial charge in [-0.25, -0.2) is 4.79 Å². The van der Waals surface area contributed by atoms with Gasteiger partial charge in [0.2, 0.25) is 11.8 Å². The van der Waals surface area contributed by atoms with Gasteiger partial charge in [0.15, 0.2) is 5.78 Å². The number of alkyl halides is 2. The first-order valence-corrected chi connectivity index (χ1v) is 12.1. The van der Waals surface area contributed by atoms with Crippen LogP contribution in [0.3, 0.4) is 0 Å². The van der Waals surface area contributed by atoms with E-state index in [0.29, 0.717) is 6.42 Å². The van der Waals surface area contributed by atoms with Gasteiger partial charge in [-0.1, -0.05) is 27.7 Å². The molecule has 10 nitrogen and oxygen atoms in total. The van der Waals surface area contributed by atoms with E-state index in [4.69, 9.17) is 9.47 Å². The van der Waals surface area contributed by atoms with Crippen molar-refractivity contribution in [3.63, 3.8) is 0 Å². The lowest BCUT2D eigenvalue weighted by Crippen LogP contribution is -2.58. The molecule has 1 saturated heterocycles. The molecule has 0 unspecified atom stereocenters. The number of ketones is 1. The Bertz CT molecular complexity index is 780. The topological polar surface area (TPSA) is 135 Å². The van der Waals surface area contributed by atoms with E-state index in [1.165, 1.54) is 0 Å². The Labute approximate surface area is 211 Å². The lowest BCUT2D eigenvalue weighted by atomic mass is 9.92. The first kappa shape index (κ1) is 31.7. The van der Waals surface area contributed by atoms with Gasteiger partial charge in [0.25, 0.3) is 0 Å². The van der Waals surface area contributed by atoms with E-state index >= 15 is 0 Å². The molecule has 0 radical (unpaired) electrons. The van der Waals surface area contributed by atoms with Gasteiger partial charge in [-0.2, -0.15) is 8.78 Å². The zero-order chi connectivity index (χ0) is 27.8. The minimum Gasteiger partial charge on any atom is -0.444 e. The summed E-state index contributed by atoms with van der Waals surface area (Å²) in [4.78, 5) is 51.2. The number of rotatable bonds is 14. The Balaban J connectivity index is 3.02. The molecule has 1 fully saturated rings. The van der Waals surface area contributed by atoms with Crippen LogP contribution in [0.1, 0.15) is 68.2 Å². The summed E-state index contributed by atoms with van der Waals surface area (Å²) in [6, 6.07) is -3.47. The maximum atomic E-state index is 13.2. The third-order valence-electron chi connectivity index (χ3n) is 5.18. The Morgan fingerprint density at radius 1 is 0.889 bits per heavy atom. The number of carbonyl (C=O) groups excluding carboxylic acids is 4. The van der Waals surface area contributed by atoms with Crippen LogP contribution in [0.25, 0.3) is 0 Å². The van der Waals surface area contributed by atoms with Crippen molar-refractivity contribution in [2.45, 2.75) is 104 Å². The third kappa shape index (κ3) is 11.6. The summed E-state index contributed by atoms with van der Waals surface area (Å²) in [6.45, 7) is 10.2. The number of alkyl carbamates (subject to hydrolysis) is 1. The Morgan fingerprint density at radius 2 is 1.36 bits per heavy atom. The average molecular weight is 522 g/mol. The van der Waals surface area contributed by atoms with Gasteiger partial charge in [-0.05, 0) is 52.4 Å². The number of carbonyl (C=O) groups is 4. The summed E-state index contributed by atoms with van der Waals surface area (Å²) in [5.41, 5.74) is -1.84. The molecule has 1 heterocycles. The molecule has 0 spiro atoms. The second kappa shape index (κ2) is 13.3. The summed E-state index contributed by atoms with van der Waals surface area (Å²) >= 11 is 0. The van der Waals surface area contributed by atoms with Gasteiger partial charge in [0.05, 0.1) is 19.3 Å². The van der Waals surface area contributed by atoms with E-state index in [-0.39, 0.29) is 30.6 Å². The van der Waals surface area contributed by atoms with Gasteiger partial charge >= 0.3 is 12.7 Å². The fraction of sp³-hybridized carbons (Fsp3) is 0.833. The molecule has 0 bridgehead atoms. The molecule has 0 aromatic heterocycles. The van der Waals surface area contributed by atoms with E-state index in [1.54, 1.807) is 27.7 Å². The number of epoxide rings is 1. The molecule has 208 valence electrons. The molecule has 0 aromatic carbocycles. The molecule has 0 aromatic rings. The highest BCUT2D eigenvalue weighted by atomic mass is 19.3. The van der Waals surface area contributed by atoms with Crippen molar-refractivity contribution in [3.05, 3.63) is 0 Å².